The SMILES string of the molecule is CCC(NC)c1ccn(Cc2sccc2Br)c1. The number of halogens is 1. The van der Waals surface area contributed by atoms with Crippen LogP contribution in [-0.4, -0.2) is 11.6 Å². The van der Waals surface area contributed by atoms with Gasteiger partial charge >= 0.3 is 0 Å². The van der Waals surface area contributed by atoms with Crippen LogP contribution in [0.25, 0.3) is 0 Å². The largest absolute Gasteiger partial charge is 0.349 e. The van der Waals surface area contributed by atoms with Crippen molar-refractivity contribution in [3.05, 3.63) is 44.8 Å². The summed E-state index contributed by atoms with van der Waals surface area (Å²) in [4.78, 5) is 1.37. The summed E-state index contributed by atoms with van der Waals surface area (Å²) in [6, 6.07) is 4.77. The molecule has 17 heavy (non-hydrogen) atoms. The van der Waals surface area contributed by atoms with E-state index in [1.165, 1.54) is 14.9 Å². The van der Waals surface area contributed by atoms with Crippen molar-refractivity contribution in [1.82, 2.24) is 9.88 Å². The summed E-state index contributed by atoms with van der Waals surface area (Å²) in [5.74, 6) is 0. The van der Waals surface area contributed by atoms with Gasteiger partial charge in [-0.05, 0) is 52.5 Å². The number of hydrogen-bond donors (Lipinski definition) is 1. The molecule has 2 nitrogen and oxygen atoms in total. The van der Waals surface area contributed by atoms with Crippen LogP contribution in [0.2, 0.25) is 0 Å². The van der Waals surface area contributed by atoms with E-state index >= 15 is 0 Å². The predicted octanol–water partition coefficient (Wildman–Crippen LogP) is 4.03. The Hall–Kier alpha value is -0.580. The number of nitrogens with zero attached hydrogens (tertiary/aromatic N) is 1. The number of nitrogens with one attached hydrogen (secondary N) is 1. The Morgan fingerprint density at radius 3 is 2.88 bits per heavy atom. The molecule has 2 rings (SSSR count). The third kappa shape index (κ3) is 3.00. The normalized spacial score (nSPS) is 12.9. The number of rotatable bonds is 5. The molecule has 0 radical (unpaired) electrons. The van der Waals surface area contributed by atoms with Crippen LogP contribution >= 0.6 is 27.3 Å². The van der Waals surface area contributed by atoms with Gasteiger partial charge in [0.15, 0.2) is 0 Å². The first-order valence-corrected chi connectivity index (χ1v) is 7.46. The van der Waals surface area contributed by atoms with Crippen LogP contribution in [0.5, 0.6) is 0 Å². The Bertz CT molecular complexity index is 471. The zero-order valence-electron chi connectivity index (χ0n) is 10.1. The molecule has 0 saturated carbocycles. The summed E-state index contributed by atoms with van der Waals surface area (Å²) in [7, 11) is 2.02. The Morgan fingerprint density at radius 1 is 1.47 bits per heavy atom. The summed E-state index contributed by atoms with van der Waals surface area (Å²) < 4.78 is 3.45. The van der Waals surface area contributed by atoms with Gasteiger partial charge in [-0.1, -0.05) is 6.92 Å². The predicted molar refractivity (Wildman–Crippen MR) is 77.6 cm³/mol. The second-order valence-corrected chi connectivity index (χ2v) is 5.91. The van der Waals surface area contributed by atoms with Gasteiger partial charge in [0.25, 0.3) is 0 Å². The molecule has 0 saturated heterocycles. The summed E-state index contributed by atoms with van der Waals surface area (Å²) in [5.41, 5.74) is 1.36. The molecule has 2 heterocycles. The Labute approximate surface area is 115 Å². The van der Waals surface area contributed by atoms with Crippen LogP contribution in [0.1, 0.15) is 29.8 Å². The zero-order chi connectivity index (χ0) is 12.3. The van der Waals surface area contributed by atoms with E-state index < -0.39 is 0 Å². The third-order valence-corrected chi connectivity index (χ3v) is 4.86. The van der Waals surface area contributed by atoms with Crippen molar-refractivity contribution in [2.75, 3.05) is 7.05 Å². The monoisotopic (exact) mass is 312 g/mol. The van der Waals surface area contributed by atoms with E-state index in [0.717, 1.165) is 13.0 Å². The maximum atomic E-state index is 3.57. The average Bonchev–Trinajstić information content (AvgIpc) is 2.92. The van der Waals surface area contributed by atoms with E-state index in [4.69, 9.17) is 0 Å². The molecule has 0 spiro atoms. The van der Waals surface area contributed by atoms with Gasteiger partial charge in [-0.3, -0.25) is 0 Å². The molecule has 2 aromatic heterocycles. The molecule has 0 aromatic carbocycles. The molecule has 0 amide bonds. The van der Waals surface area contributed by atoms with E-state index in [2.05, 4.69) is 62.6 Å². The fourth-order valence-corrected chi connectivity index (χ4v) is 3.46. The average molecular weight is 313 g/mol. The van der Waals surface area contributed by atoms with E-state index in [1.807, 2.05) is 7.05 Å². The fourth-order valence-electron chi connectivity index (χ4n) is 1.97. The molecule has 0 aliphatic carbocycles. The Morgan fingerprint density at radius 2 is 2.29 bits per heavy atom. The lowest BCUT2D eigenvalue weighted by Crippen LogP contribution is -2.14. The van der Waals surface area contributed by atoms with Crippen molar-refractivity contribution < 1.29 is 0 Å². The minimum absolute atomic E-state index is 0.461. The van der Waals surface area contributed by atoms with Crippen molar-refractivity contribution in [2.45, 2.75) is 25.9 Å². The zero-order valence-corrected chi connectivity index (χ0v) is 12.5. The van der Waals surface area contributed by atoms with Gasteiger partial charge in [0.1, 0.15) is 0 Å². The number of hydrogen-bond acceptors (Lipinski definition) is 2. The summed E-state index contributed by atoms with van der Waals surface area (Å²) >= 11 is 5.36. The molecular formula is C13H17BrN2S. The second kappa shape index (κ2) is 5.85. The highest BCUT2D eigenvalue weighted by Crippen LogP contribution is 2.24. The molecule has 1 N–H and O–H groups in total. The van der Waals surface area contributed by atoms with E-state index in [9.17, 15) is 0 Å². The van der Waals surface area contributed by atoms with E-state index in [1.54, 1.807) is 11.3 Å². The molecule has 0 aliphatic heterocycles. The molecule has 92 valence electrons. The van der Waals surface area contributed by atoms with Crippen LogP contribution in [0.15, 0.2) is 34.4 Å². The number of aromatic nitrogens is 1. The highest BCUT2D eigenvalue weighted by molar-refractivity contribution is 9.10. The van der Waals surface area contributed by atoms with Crippen molar-refractivity contribution in [1.29, 1.82) is 0 Å². The molecule has 0 bridgehead atoms. The maximum absolute atomic E-state index is 3.57. The first kappa shape index (κ1) is 12.9. The standard InChI is InChI=1S/C13H17BrN2S/c1-3-12(15-2)10-4-6-16(8-10)9-13-11(14)5-7-17-13/h4-8,12,15H,3,9H2,1-2H3. The van der Waals surface area contributed by atoms with Crippen LogP contribution in [0.4, 0.5) is 0 Å². The fraction of sp³-hybridized carbons (Fsp3) is 0.385. The van der Waals surface area contributed by atoms with Gasteiger partial charge in [0.05, 0.1) is 6.54 Å². The van der Waals surface area contributed by atoms with Crippen LogP contribution in [-0.2, 0) is 6.54 Å². The van der Waals surface area contributed by atoms with Crippen LogP contribution in [0.3, 0.4) is 0 Å². The van der Waals surface area contributed by atoms with Gasteiger partial charge < -0.3 is 9.88 Å². The van der Waals surface area contributed by atoms with Gasteiger partial charge in [-0.25, -0.2) is 0 Å². The molecule has 2 aromatic rings. The highest BCUT2D eigenvalue weighted by atomic mass is 79.9. The minimum Gasteiger partial charge on any atom is -0.349 e. The van der Waals surface area contributed by atoms with Crippen LogP contribution < -0.4 is 5.32 Å². The third-order valence-electron chi connectivity index (χ3n) is 2.95. The van der Waals surface area contributed by atoms with Crippen molar-refractivity contribution in [3.8, 4) is 0 Å². The van der Waals surface area contributed by atoms with Gasteiger partial charge in [-0.15, -0.1) is 11.3 Å². The molecule has 1 atom stereocenters. The molecule has 0 fully saturated rings. The first-order valence-electron chi connectivity index (χ1n) is 5.79. The minimum atomic E-state index is 0.461. The first-order chi connectivity index (χ1) is 8.24. The Balaban J connectivity index is 2.11. The summed E-state index contributed by atoms with van der Waals surface area (Å²) in [5, 5.41) is 5.45. The molecule has 0 aliphatic rings. The van der Waals surface area contributed by atoms with Gasteiger partial charge in [-0.2, -0.15) is 0 Å². The molecule has 1 unspecified atom stereocenters. The topological polar surface area (TPSA) is 17.0 Å². The lowest BCUT2D eigenvalue weighted by Gasteiger charge is -2.11. The lowest BCUT2D eigenvalue weighted by molar-refractivity contribution is 0.575. The van der Waals surface area contributed by atoms with Gasteiger partial charge in [0.2, 0.25) is 0 Å². The van der Waals surface area contributed by atoms with Crippen molar-refractivity contribution in [3.63, 3.8) is 0 Å². The Kier molecular flexibility index (Phi) is 4.42. The van der Waals surface area contributed by atoms with Crippen molar-refractivity contribution in [2.24, 2.45) is 0 Å². The van der Waals surface area contributed by atoms with Crippen LogP contribution in [0, 0.1) is 0 Å². The number of thiophene rings is 1. The quantitative estimate of drug-likeness (QED) is 0.882. The lowest BCUT2D eigenvalue weighted by atomic mass is 10.1. The van der Waals surface area contributed by atoms with Gasteiger partial charge in [0, 0.05) is 27.8 Å². The second-order valence-electron chi connectivity index (χ2n) is 4.06. The highest BCUT2D eigenvalue weighted by Gasteiger charge is 2.08. The summed E-state index contributed by atoms with van der Waals surface area (Å²) in [6.45, 7) is 3.15. The summed E-state index contributed by atoms with van der Waals surface area (Å²) in [6.07, 6.45) is 5.50. The maximum Gasteiger partial charge on any atom is 0.0574 e. The van der Waals surface area contributed by atoms with E-state index in [-0.39, 0.29) is 0 Å². The van der Waals surface area contributed by atoms with E-state index in [0.29, 0.717) is 6.04 Å². The molecule has 4 heteroatoms. The molecular weight excluding hydrogens is 296 g/mol. The van der Waals surface area contributed by atoms with Crippen molar-refractivity contribution >= 4 is 27.3 Å². The smallest absolute Gasteiger partial charge is 0.0574 e.